The molecule has 7 atom stereocenters. The Morgan fingerprint density at radius 2 is 1.88 bits per heavy atom. The SMILES string of the molecule is COc1cc2cc(c1Cl)N(C)C(=O)CC(OC(=O)C(C)S)C(C)(C)C(O)C(C)C1CC(O)(NC(=O)C3CC1C3)C(OC)/C=C/C=C(\C)C2. The number of carbonyl (C=O) groups excluding carboxylic acids is 3. The molecule has 2 amide bonds. The zero-order chi connectivity index (χ0) is 35.7. The van der Waals surface area contributed by atoms with E-state index in [-0.39, 0.29) is 47.4 Å². The Labute approximate surface area is 294 Å². The Bertz CT molecular complexity index is 1440. The summed E-state index contributed by atoms with van der Waals surface area (Å²) in [6, 6.07) is 3.62. The smallest absolute Gasteiger partial charge is 0.318 e. The number of anilines is 1. The van der Waals surface area contributed by atoms with Crippen LogP contribution in [-0.2, 0) is 30.3 Å². The van der Waals surface area contributed by atoms with E-state index < -0.39 is 46.6 Å². The van der Waals surface area contributed by atoms with E-state index in [0.717, 1.165) is 11.1 Å². The lowest BCUT2D eigenvalue weighted by Crippen LogP contribution is -2.64. The molecule has 3 aliphatic heterocycles. The number of hydrogen-bond acceptors (Lipinski definition) is 9. The molecule has 1 aromatic rings. The second kappa shape index (κ2) is 15.1. The molecule has 48 heavy (non-hydrogen) atoms. The number of ether oxygens (including phenoxy) is 3. The molecule has 7 unspecified atom stereocenters. The van der Waals surface area contributed by atoms with Gasteiger partial charge in [-0.25, -0.2) is 0 Å². The maximum absolute atomic E-state index is 14.0. The van der Waals surface area contributed by atoms with Gasteiger partial charge in [0.15, 0.2) is 5.72 Å². The zero-order valence-electron chi connectivity index (χ0n) is 29.2. The van der Waals surface area contributed by atoms with Gasteiger partial charge in [0.2, 0.25) is 11.8 Å². The second-order valence-electron chi connectivity index (χ2n) is 14.5. The van der Waals surface area contributed by atoms with Crippen molar-refractivity contribution in [2.75, 3.05) is 26.2 Å². The van der Waals surface area contributed by atoms with Crippen LogP contribution in [0.4, 0.5) is 5.69 Å². The Morgan fingerprint density at radius 3 is 2.48 bits per heavy atom. The highest BCUT2D eigenvalue weighted by atomic mass is 35.5. The van der Waals surface area contributed by atoms with E-state index in [9.17, 15) is 24.6 Å². The van der Waals surface area contributed by atoms with Gasteiger partial charge in [0.25, 0.3) is 0 Å². The monoisotopic (exact) mass is 706 g/mol. The standard InChI is InChI=1S/C36H51ClN2O8S/c1-19-10-9-11-28(46-8)36(44)18-25(23-15-24(16-23)33(42)38-36)20(2)32(41)35(4,5)29(47-34(43)21(3)48)17-30(40)39(6)26-13-22(12-19)14-27(45-7)31(26)37/h9-11,13-14,20-21,23-25,28-29,32,41,44,48H,12,15-18H2,1-8H3,(H,38,42)/b11-9+,19-10+. The highest BCUT2D eigenvalue weighted by molar-refractivity contribution is 7.81. The van der Waals surface area contributed by atoms with E-state index in [1.54, 1.807) is 40.0 Å². The molecule has 1 aromatic carbocycles. The van der Waals surface area contributed by atoms with E-state index in [2.05, 4.69) is 17.9 Å². The number of thiol groups is 1. The van der Waals surface area contributed by atoms with Crippen LogP contribution >= 0.6 is 24.2 Å². The van der Waals surface area contributed by atoms with Crippen molar-refractivity contribution in [3.05, 3.63) is 46.5 Å². The van der Waals surface area contributed by atoms with Crippen LogP contribution in [0.25, 0.3) is 0 Å². The summed E-state index contributed by atoms with van der Waals surface area (Å²) in [4.78, 5) is 41.5. The van der Waals surface area contributed by atoms with Crippen LogP contribution in [0.3, 0.4) is 0 Å². The summed E-state index contributed by atoms with van der Waals surface area (Å²) in [7, 11) is 4.59. The van der Waals surface area contributed by atoms with Crippen molar-refractivity contribution in [1.82, 2.24) is 5.32 Å². The number of halogens is 1. The van der Waals surface area contributed by atoms with E-state index in [1.165, 1.54) is 19.1 Å². The van der Waals surface area contributed by atoms with Gasteiger partial charge in [-0.2, -0.15) is 12.6 Å². The molecule has 0 spiro atoms. The highest BCUT2D eigenvalue weighted by Crippen LogP contribution is 2.50. The first kappa shape index (κ1) is 38.2. The predicted molar refractivity (Wildman–Crippen MR) is 188 cm³/mol. The Hall–Kier alpha value is -2.57. The number of amides is 2. The van der Waals surface area contributed by atoms with Crippen LogP contribution in [-0.4, -0.2) is 78.6 Å². The molecule has 2 saturated heterocycles. The number of allylic oxidation sites excluding steroid dienone is 3. The Morgan fingerprint density at radius 1 is 1.21 bits per heavy atom. The first-order chi connectivity index (χ1) is 22.4. The number of benzene rings is 1. The lowest BCUT2D eigenvalue weighted by Gasteiger charge is -2.52. The summed E-state index contributed by atoms with van der Waals surface area (Å²) in [6.45, 7) is 8.99. The summed E-state index contributed by atoms with van der Waals surface area (Å²) in [5.74, 6) is -1.67. The van der Waals surface area contributed by atoms with Crippen LogP contribution in [0, 0.1) is 29.1 Å². The fourth-order valence-corrected chi connectivity index (χ4v) is 7.79. The van der Waals surface area contributed by atoms with E-state index >= 15 is 0 Å². The van der Waals surface area contributed by atoms with Crippen molar-refractivity contribution in [3.63, 3.8) is 0 Å². The van der Waals surface area contributed by atoms with Crippen molar-refractivity contribution in [1.29, 1.82) is 0 Å². The number of hydrogen-bond donors (Lipinski definition) is 4. The van der Waals surface area contributed by atoms with Crippen molar-refractivity contribution in [2.24, 2.45) is 29.1 Å². The molecule has 10 nitrogen and oxygen atoms in total. The molecule has 0 radical (unpaired) electrons. The van der Waals surface area contributed by atoms with Crippen molar-refractivity contribution in [3.8, 4) is 5.75 Å². The Balaban J connectivity index is 1.86. The number of rotatable bonds is 4. The van der Waals surface area contributed by atoms with Crippen molar-refractivity contribution < 1.29 is 38.8 Å². The molecule has 4 aliphatic rings. The molecule has 3 heterocycles. The topological polar surface area (TPSA) is 135 Å². The Kier molecular flexibility index (Phi) is 12.0. The number of methoxy groups -OCH3 is 2. The van der Waals surface area contributed by atoms with Gasteiger partial charge in [0.1, 0.15) is 23.0 Å². The molecule has 3 N–H and O–H groups in total. The van der Waals surface area contributed by atoms with Crippen LogP contribution in [0.15, 0.2) is 35.9 Å². The number of aliphatic hydroxyl groups is 2. The maximum Gasteiger partial charge on any atom is 0.318 e. The van der Waals surface area contributed by atoms with E-state index in [1.807, 2.05) is 32.1 Å². The summed E-state index contributed by atoms with van der Waals surface area (Å²) in [6.07, 6.45) is 4.06. The second-order valence-corrected chi connectivity index (χ2v) is 15.6. The molecule has 1 saturated carbocycles. The molecular formula is C36H51ClN2O8S. The quantitative estimate of drug-likeness (QED) is 0.257. The maximum atomic E-state index is 14.0. The first-order valence-electron chi connectivity index (χ1n) is 16.5. The third kappa shape index (κ3) is 7.91. The molecule has 5 rings (SSSR count). The summed E-state index contributed by atoms with van der Waals surface area (Å²) < 4.78 is 17.3. The predicted octanol–water partition coefficient (Wildman–Crippen LogP) is 4.88. The van der Waals surface area contributed by atoms with E-state index in [4.69, 9.17) is 25.8 Å². The fourth-order valence-electron chi connectivity index (χ4n) is 7.42. The average Bonchev–Trinajstić information content (AvgIpc) is 2.99. The normalized spacial score (nSPS) is 35.1. The fraction of sp³-hybridized carbons (Fsp3) is 0.639. The summed E-state index contributed by atoms with van der Waals surface area (Å²) in [5.41, 5.74) is -0.664. The lowest BCUT2D eigenvalue weighted by atomic mass is 9.58. The van der Waals surface area contributed by atoms with Crippen molar-refractivity contribution in [2.45, 2.75) is 96.0 Å². The minimum absolute atomic E-state index is 0.0698. The van der Waals surface area contributed by atoms with Crippen LogP contribution < -0.4 is 15.0 Å². The molecule has 266 valence electrons. The highest BCUT2D eigenvalue weighted by Gasteiger charge is 2.54. The molecule has 1 aliphatic carbocycles. The van der Waals surface area contributed by atoms with Gasteiger partial charge < -0.3 is 34.6 Å². The number of nitrogens with one attached hydrogen (secondary N) is 1. The third-order valence-corrected chi connectivity index (χ3v) is 11.3. The number of aliphatic hydroxyl groups excluding tert-OH is 1. The lowest BCUT2D eigenvalue weighted by molar-refractivity contribution is -0.176. The molecule has 6 bridgehead atoms. The first-order valence-corrected chi connectivity index (χ1v) is 17.4. The number of esters is 1. The minimum Gasteiger partial charge on any atom is -0.495 e. The van der Waals surface area contributed by atoms with Gasteiger partial charge in [0.05, 0.1) is 30.6 Å². The largest absolute Gasteiger partial charge is 0.495 e. The van der Waals surface area contributed by atoms with Crippen LogP contribution in [0.2, 0.25) is 5.02 Å². The van der Waals surface area contributed by atoms with Gasteiger partial charge in [0, 0.05) is 31.9 Å². The van der Waals surface area contributed by atoms with Gasteiger partial charge in [-0.3, -0.25) is 14.4 Å². The minimum atomic E-state index is -1.75. The molecule has 0 aromatic heterocycles. The summed E-state index contributed by atoms with van der Waals surface area (Å²) >= 11 is 11.0. The zero-order valence-corrected chi connectivity index (χ0v) is 30.8. The number of carbonyl (C=O) groups is 3. The number of nitrogens with zero attached hydrogens (tertiary/aromatic N) is 1. The van der Waals surface area contributed by atoms with Gasteiger partial charge in [-0.1, -0.05) is 56.2 Å². The van der Waals surface area contributed by atoms with Crippen molar-refractivity contribution >= 4 is 47.7 Å². The van der Waals surface area contributed by atoms with Gasteiger partial charge in [-0.15, -0.1) is 0 Å². The number of fused-ring (bicyclic) bond motifs is 3. The van der Waals surface area contributed by atoms with Crippen LogP contribution in [0.5, 0.6) is 5.75 Å². The third-order valence-electron chi connectivity index (χ3n) is 10.7. The summed E-state index contributed by atoms with van der Waals surface area (Å²) in [5, 5.41) is 26.6. The molecule has 12 heteroatoms. The van der Waals surface area contributed by atoms with E-state index in [0.29, 0.717) is 30.7 Å². The molecular weight excluding hydrogens is 656 g/mol. The van der Waals surface area contributed by atoms with Gasteiger partial charge >= 0.3 is 5.97 Å². The van der Waals surface area contributed by atoms with Crippen LogP contribution in [0.1, 0.15) is 65.9 Å². The molecule has 3 fully saturated rings. The average molecular weight is 707 g/mol. The van der Waals surface area contributed by atoms with Gasteiger partial charge in [-0.05, 0) is 68.6 Å².